The minimum atomic E-state index is -1.04. The monoisotopic (exact) mass is 484 g/mol. The molecular formula is C27H26N5O4-. The fraction of sp³-hybridized carbons (Fsp3) is 0.259. The van der Waals surface area contributed by atoms with Gasteiger partial charge in [-0.3, -0.25) is 4.79 Å². The zero-order chi connectivity index (χ0) is 25.7. The molecule has 9 nitrogen and oxygen atoms in total. The molecule has 0 aliphatic carbocycles. The minimum absolute atomic E-state index is 0.0408. The van der Waals surface area contributed by atoms with E-state index in [2.05, 4.69) is 16.4 Å². The molecule has 1 aliphatic rings. The summed E-state index contributed by atoms with van der Waals surface area (Å²) in [5.74, 6) is -1.66. The molecule has 0 radical (unpaired) electrons. The van der Waals surface area contributed by atoms with Crippen LogP contribution in [0.2, 0.25) is 0 Å². The first-order valence-electron chi connectivity index (χ1n) is 11.7. The molecule has 1 aromatic heterocycles. The van der Waals surface area contributed by atoms with Crippen molar-refractivity contribution in [3.05, 3.63) is 60.2 Å². The second kappa shape index (κ2) is 10.9. The van der Waals surface area contributed by atoms with Gasteiger partial charge in [-0.1, -0.05) is 24.3 Å². The number of piperidine rings is 1. The molecule has 4 N–H and O–H groups in total. The van der Waals surface area contributed by atoms with E-state index >= 15 is 0 Å². The Morgan fingerprint density at radius 3 is 2.75 bits per heavy atom. The summed E-state index contributed by atoms with van der Waals surface area (Å²) >= 11 is 0. The normalized spacial score (nSPS) is 15.7. The molecule has 0 spiro atoms. The van der Waals surface area contributed by atoms with Crippen LogP contribution in [0.4, 0.5) is 11.5 Å². The molecular weight excluding hydrogens is 458 g/mol. The second-order valence-corrected chi connectivity index (χ2v) is 8.78. The summed E-state index contributed by atoms with van der Waals surface area (Å²) in [4.78, 5) is 30.0. The van der Waals surface area contributed by atoms with Gasteiger partial charge in [-0.15, -0.1) is 0 Å². The highest BCUT2D eigenvalue weighted by Gasteiger charge is 2.21. The molecule has 1 fully saturated rings. The van der Waals surface area contributed by atoms with Crippen LogP contribution in [0.15, 0.2) is 54.6 Å². The number of aliphatic carboxylic acids is 1. The Bertz CT molecular complexity index is 1330. The molecule has 0 saturated carbocycles. The van der Waals surface area contributed by atoms with E-state index in [0.717, 1.165) is 13.0 Å². The number of carboxylic acid groups (broad SMARTS) is 1. The number of anilines is 2. The van der Waals surface area contributed by atoms with Crippen LogP contribution in [0, 0.1) is 17.2 Å². The average molecular weight is 485 g/mol. The number of carbonyl (C=O) groups excluding carboxylic acids is 2. The van der Waals surface area contributed by atoms with Crippen LogP contribution >= 0.6 is 0 Å². The van der Waals surface area contributed by atoms with Gasteiger partial charge in [0.2, 0.25) is 5.91 Å². The fourth-order valence-electron chi connectivity index (χ4n) is 4.44. The van der Waals surface area contributed by atoms with E-state index in [4.69, 9.17) is 5.73 Å². The van der Waals surface area contributed by atoms with Crippen molar-refractivity contribution in [2.24, 2.45) is 5.92 Å². The first-order valence-corrected chi connectivity index (χ1v) is 11.7. The zero-order valence-electron chi connectivity index (χ0n) is 19.6. The lowest BCUT2D eigenvalue weighted by Crippen LogP contribution is -2.44. The fourth-order valence-corrected chi connectivity index (χ4v) is 4.44. The second-order valence-electron chi connectivity index (χ2n) is 8.78. The first-order chi connectivity index (χ1) is 17.4. The van der Waals surface area contributed by atoms with Gasteiger partial charge in [0.15, 0.2) is 0 Å². The summed E-state index contributed by atoms with van der Waals surface area (Å²) in [5.41, 5.74) is 8.92. The van der Waals surface area contributed by atoms with Gasteiger partial charge in [0, 0.05) is 48.2 Å². The number of hydrogen-bond donors (Lipinski definition) is 3. The number of nitriles is 1. The van der Waals surface area contributed by atoms with Crippen molar-refractivity contribution in [1.29, 1.82) is 5.26 Å². The SMILES string of the molecule is N#Cc1c(-c2cccc(NC(=O)CCN3CCCC(C(=O)[O-])C3)c2)cc(-c2ccccc2O)nc1N. The third kappa shape index (κ3) is 5.62. The van der Waals surface area contributed by atoms with E-state index < -0.39 is 11.9 Å². The van der Waals surface area contributed by atoms with Crippen LogP contribution in [0.5, 0.6) is 5.75 Å². The summed E-state index contributed by atoms with van der Waals surface area (Å²) in [7, 11) is 0. The zero-order valence-corrected chi connectivity index (χ0v) is 19.6. The van der Waals surface area contributed by atoms with Crippen LogP contribution in [-0.2, 0) is 9.59 Å². The average Bonchev–Trinajstić information content (AvgIpc) is 2.87. The number of aromatic nitrogens is 1. The van der Waals surface area contributed by atoms with Crippen molar-refractivity contribution in [1.82, 2.24) is 9.88 Å². The lowest BCUT2D eigenvalue weighted by molar-refractivity contribution is -0.312. The molecule has 36 heavy (non-hydrogen) atoms. The highest BCUT2D eigenvalue weighted by Crippen LogP contribution is 2.35. The number of para-hydroxylation sites is 1. The number of hydrogen-bond acceptors (Lipinski definition) is 8. The summed E-state index contributed by atoms with van der Waals surface area (Å²) in [5, 5.41) is 34.0. The Labute approximate surface area is 208 Å². The Morgan fingerprint density at radius 2 is 2.00 bits per heavy atom. The number of likely N-dealkylation sites (tertiary alicyclic amines) is 1. The van der Waals surface area contributed by atoms with Crippen LogP contribution in [0.25, 0.3) is 22.4 Å². The van der Waals surface area contributed by atoms with Crippen molar-refractivity contribution in [3.63, 3.8) is 0 Å². The number of amides is 1. The van der Waals surface area contributed by atoms with Gasteiger partial charge in [0.05, 0.1) is 5.69 Å². The van der Waals surface area contributed by atoms with Crippen LogP contribution in [0.1, 0.15) is 24.8 Å². The summed E-state index contributed by atoms with van der Waals surface area (Å²) in [6.45, 7) is 1.61. The van der Waals surface area contributed by atoms with Crippen LogP contribution in [0.3, 0.4) is 0 Å². The molecule has 1 unspecified atom stereocenters. The van der Waals surface area contributed by atoms with Crippen LogP contribution in [-0.4, -0.2) is 46.5 Å². The van der Waals surface area contributed by atoms with E-state index in [0.29, 0.717) is 47.6 Å². The van der Waals surface area contributed by atoms with E-state index in [1.165, 1.54) is 0 Å². The number of aromatic hydroxyl groups is 1. The molecule has 1 amide bonds. The van der Waals surface area contributed by atoms with Crippen molar-refractivity contribution in [3.8, 4) is 34.2 Å². The van der Waals surface area contributed by atoms with Gasteiger partial charge in [-0.2, -0.15) is 5.26 Å². The minimum Gasteiger partial charge on any atom is -0.550 e. The Morgan fingerprint density at radius 1 is 1.19 bits per heavy atom. The molecule has 9 heteroatoms. The third-order valence-corrected chi connectivity index (χ3v) is 6.29. The van der Waals surface area contributed by atoms with Crippen molar-refractivity contribution in [2.75, 3.05) is 30.7 Å². The van der Waals surface area contributed by atoms with Crippen molar-refractivity contribution < 1.29 is 19.8 Å². The van der Waals surface area contributed by atoms with Gasteiger partial charge in [-0.25, -0.2) is 4.98 Å². The topological polar surface area (TPSA) is 155 Å². The predicted molar refractivity (Wildman–Crippen MR) is 133 cm³/mol. The number of nitrogens with two attached hydrogens (primary N) is 1. The number of nitrogens with zero attached hydrogens (tertiary/aromatic N) is 3. The Hall–Kier alpha value is -4.42. The van der Waals surface area contributed by atoms with Gasteiger partial charge >= 0.3 is 0 Å². The van der Waals surface area contributed by atoms with Crippen molar-refractivity contribution in [2.45, 2.75) is 19.3 Å². The lowest BCUT2D eigenvalue weighted by atomic mass is 9.97. The maximum absolute atomic E-state index is 12.6. The Kier molecular flexibility index (Phi) is 7.47. The summed E-state index contributed by atoms with van der Waals surface area (Å²) < 4.78 is 0. The molecule has 184 valence electrons. The standard InChI is InChI=1S/C27H27N5O4/c28-15-22-21(14-23(31-26(22)29)20-8-1-2-9-24(20)33)17-5-3-7-19(13-17)30-25(34)10-12-32-11-4-6-18(16-32)27(35)36/h1-3,5,7-9,13-14,18,33H,4,6,10-12,16H2,(H2,29,31)(H,30,34)(H,35,36)/p-1. The van der Waals surface area contributed by atoms with Crippen molar-refractivity contribution >= 4 is 23.4 Å². The highest BCUT2D eigenvalue weighted by atomic mass is 16.4. The first kappa shape index (κ1) is 24.7. The number of nitrogens with one attached hydrogen (secondary N) is 1. The maximum Gasteiger partial charge on any atom is 0.225 e. The maximum atomic E-state index is 12.6. The number of phenols is 1. The van der Waals surface area contributed by atoms with E-state index in [-0.39, 0.29) is 29.5 Å². The quantitative estimate of drug-likeness (QED) is 0.461. The number of carboxylic acids is 1. The molecule has 1 atom stereocenters. The molecule has 0 bridgehead atoms. The number of nitrogen functional groups attached to an aromatic ring is 1. The third-order valence-electron chi connectivity index (χ3n) is 6.29. The van der Waals surface area contributed by atoms with E-state index in [9.17, 15) is 25.1 Å². The number of benzene rings is 2. The molecule has 1 saturated heterocycles. The highest BCUT2D eigenvalue weighted by molar-refractivity contribution is 5.92. The number of carbonyl (C=O) groups is 2. The summed E-state index contributed by atoms with van der Waals surface area (Å²) in [6, 6.07) is 17.6. The largest absolute Gasteiger partial charge is 0.550 e. The van der Waals surface area contributed by atoms with Gasteiger partial charge in [0.25, 0.3) is 0 Å². The molecule has 2 aromatic carbocycles. The molecule has 1 aliphatic heterocycles. The smallest absolute Gasteiger partial charge is 0.225 e. The number of pyridine rings is 1. The number of phenolic OH excluding ortho intramolecular Hbond substituents is 1. The lowest BCUT2D eigenvalue weighted by Gasteiger charge is -2.32. The van der Waals surface area contributed by atoms with E-state index in [1.807, 2.05) is 4.90 Å². The van der Waals surface area contributed by atoms with Gasteiger partial charge in [0.1, 0.15) is 23.2 Å². The van der Waals surface area contributed by atoms with Gasteiger partial charge in [-0.05, 0) is 55.3 Å². The number of rotatable bonds is 7. The molecule has 4 rings (SSSR count). The van der Waals surface area contributed by atoms with Gasteiger partial charge < -0.3 is 31.0 Å². The Balaban J connectivity index is 1.51. The van der Waals surface area contributed by atoms with E-state index in [1.54, 1.807) is 54.6 Å². The molecule has 2 heterocycles. The predicted octanol–water partition coefficient (Wildman–Crippen LogP) is 2.37. The summed E-state index contributed by atoms with van der Waals surface area (Å²) in [6.07, 6.45) is 1.59. The molecule has 3 aromatic rings. The van der Waals surface area contributed by atoms with Crippen LogP contribution < -0.4 is 16.2 Å².